The molecule has 1 aliphatic heterocycles. The Morgan fingerprint density at radius 3 is 2.84 bits per heavy atom. The molecule has 1 atom stereocenters. The second-order valence-electron chi connectivity index (χ2n) is 4.24. The molecule has 0 spiro atoms. The minimum Gasteiger partial charge on any atom is -0.383 e. The van der Waals surface area contributed by atoms with Crippen LogP contribution in [0.25, 0.3) is 0 Å². The van der Waals surface area contributed by atoms with Gasteiger partial charge in [0.1, 0.15) is 16.5 Å². The van der Waals surface area contributed by atoms with E-state index in [2.05, 4.69) is 31.2 Å². The third-order valence-corrected chi connectivity index (χ3v) is 3.16. The highest BCUT2D eigenvalue weighted by atomic mass is 79.9. The van der Waals surface area contributed by atoms with Gasteiger partial charge in [0.05, 0.1) is 13.2 Å². The van der Waals surface area contributed by atoms with Gasteiger partial charge in [-0.1, -0.05) is 0 Å². The van der Waals surface area contributed by atoms with Crippen molar-refractivity contribution in [3.8, 4) is 0 Å². The zero-order valence-corrected chi connectivity index (χ0v) is 12.2. The van der Waals surface area contributed by atoms with E-state index in [0.717, 1.165) is 0 Å². The van der Waals surface area contributed by atoms with Crippen molar-refractivity contribution in [3.05, 3.63) is 10.7 Å². The highest BCUT2D eigenvalue weighted by Gasteiger charge is 2.22. The first kappa shape index (κ1) is 14.0. The number of nitrogens with zero attached hydrogens (tertiary/aromatic N) is 3. The zero-order valence-electron chi connectivity index (χ0n) is 10.6. The van der Waals surface area contributed by atoms with Gasteiger partial charge in [-0.05, 0) is 22.9 Å². The Bertz CT molecular complexity index is 444. The summed E-state index contributed by atoms with van der Waals surface area (Å²) in [7, 11) is 0. The number of ether oxygens (including phenoxy) is 1. The molecule has 2 rings (SSSR count). The SMILES string of the molecule is CC(Nc1nc(N)cc(Br)n1)C(=O)N1CCOCC1. The molecule has 0 radical (unpaired) electrons. The molecule has 0 saturated carbocycles. The van der Waals surface area contributed by atoms with Crippen LogP contribution in [0, 0.1) is 0 Å². The van der Waals surface area contributed by atoms with Gasteiger partial charge in [0.25, 0.3) is 0 Å². The van der Waals surface area contributed by atoms with Gasteiger partial charge in [-0.25, -0.2) is 4.98 Å². The number of aromatic nitrogens is 2. The number of rotatable bonds is 3. The van der Waals surface area contributed by atoms with E-state index in [9.17, 15) is 4.79 Å². The molecule has 1 aromatic rings. The zero-order chi connectivity index (χ0) is 13.8. The van der Waals surface area contributed by atoms with Crippen molar-refractivity contribution in [3.63, 3.8) is 0 Å². The van der Waals surface area contributed by atoms with E-state index in [1.807, 2.05) is 0 Å². The van der Waals surface area contributed by atoms with Crippen LogP contribution in [0.15, 0.2) is 10.7 Å². The molecule has 1 unspecified atom stereocenters. The summed E-state index contributed by atoms with van der Waals surface area (Å²) in [6.45, 7) is 4.18. The predicted molar refractivity (Wildman–Crippen MR) is 74.6 cm³/mol. The monoisotopic (exact) mass is 329 g/mol. The van der Waals surface area contributed by atoms with Crippen molar-refractivity contribution >= 4 is 33.6 Å². The summed E-state index contributed by atoms with van der Waals surface area (Å²) in [5.74, 6) is 0.682. The van der Waals surface area contributed by atoms with Gasteiger partial charge >= 0.3 is 0 Å². The largest absolute Gasteiger partial charge is 0.383 e. The molecular formula is C11H16BrN5O2. The quantitative estimate of drug-likeness (QED) is 0.783. The number of carbonyl (C=O) groups excluding carboxylic acids is 1. The smallest absolute Gasteiger partial charge is 0.245 e. The van der Waals surface area contributed by atoms with E-state index in [4.69, 9.17) is 10.5 Å². The number of anilines is 2. The molecule has 0 aliphatic carbocycles. The van der Waals surface area contributed by atoms with Crippen molar-refractivity contribution in [2.24, 2.45) is 0 Å². The van der Waals surface area contributed by atoms with E-state index in [1.165, 1.54) is 0 Å². The van der Waals surface area contributed by atoms with Crippen LogP contribution in [0.2, 0.25) is 0 Å². The lowest BCUT2D eigenvalue weighted by Crippen LogP contribution is -2.47. The van der Waals surface area contributed by atoms with Crippen molar-refractivity contribution in [2.45, 2.75) is 13.0 Å². The summed E-state index contributed by atoms with van der Waals surface area (Å²) >= 11 is 3.23. The third kappa shape index (κ3) is 3.77. The molecule has 1 amide bonds. The van der Waals surface area contributed by atoms with Crippen LogP contribution < -0.4 is 11.1 Å². The Morgan fingerprint density at radius 2 is 2.21 bits per heavy atom. The Labute approximate surface area is 119 Å². The summed E-state index contributed by atoms with van der Waals surface area (Å²) in [4.78, 5) is 22.1. The lowest BCUT2D eigenvalue weighted by atomic mass is 10.2. The van der Waals surface area contributed by atoms with Crippen molar-refractivity contribution in [1.82, 2.24) is 14.9 Å². The first-order valence-electron chi connectivity index (χ1n) is 5.99. The number of carbonyl (C=O) groups is 1. The third-order valence-electron chi connectivity index (χ3n) is 2.75. The molecule has 104 valence electrons. The van der Waals surface area contributed by atoms with Crippen LogP contribution in [-0.4, -0.2) is 53.1 Å². The molecule has 0 bridgehead atoms. The molecule has 1 saturated heterocycles. The number of amides is 1. The maximum atomic E-state index is 12.2. The van der Waals surface area contributed by atoms with Crippen LogP contribution >= 0.6 is 15.9 Å². The molecule has 0 aromatic carbocycles. The summed E-state index contributed by atoms with van der Waals surface area (Å²) in [6.07, 6.45) is 0. The normalized spacial score (nSPS) is 17.1. The number of nitrogens with two attached hydrogens (primary N) is 1. The molecule has 1 fully saturated rings. The number of nitrogens with one attached hydrogen (secondary N) is 1. The molecule has 7 nitrogen and oxygen atoms in total. The molecule has 2 heterocycles. The maximum Gasteiger partial charge on any atom is 0.245 e. The van der Waals surface area contributed by atoms with Gasteiger partial charge in [0, 0.05) is 19.2 Å². The minimum absolute atomic E-state index is 0.00504. The van der Waals surface area contributed by atoms with Crippen LogP contribution in [-0.2, 0) is 9.53 Å². The van der Waals surface area contributed by atoms with E-state index < -0.39 is 6.04 Å². The second-order valence-corrected chi connectivity index (χ2v) is 5.06. The van der Waals surface area contributed by atoms with Crippen LogP contribution in [0.4, 0.5) is 11.8 Å². The van der Waals surface area contributed by atoms with E-state index in [0.29, 0.717) is 42.7 Å². The van der Waals surface area contributed by atoms with E-state index in [1.54, 1.807) is 17.9 Å². The summed E-state index contributed by atoms with van der Waals surface area (Å²) in [6, 6.07) is 1.19. The molecule has 3 N–H and O–H groups in total. The highest BCUT2D eigenvalue weighted by molar-refractivity contribution is 9.10. The Morgan fingerprint density at radius 1 is 1.53 bits per heavy atom. The van der Waals surface area contributed by atoms with Crippen LogP contribution in [0.5, 0.6) is 0 Å². The Hall–Kier alpha value is -1.41. The first-order chi connectivity index (χ1) is 9.06. The predicted octanol–water partition coefficient (Wildman–Crippen LogP) is 0.480. The molecule has 19 heavy (non-hydrogen) atoms. The lowest BCUT2D eigenvalue weighted by Gasteiger charge is -2.29. The Balaban J connectivity index is 1.99. The number of morpholine rings is 1. The minimum atomic E-state index is -0.410. The number of nitrogen functional groups attached to an aromatic ring is 1. The van der Waals surface area contributed by atoms with E-state index >= 15 is 0 Å². The summed E-state index contributed by atoms with van der Waals surface area (Å²) < 4.78 is 5.79. The van der Waals surface area contributed by atoms with Gasteiger partial charge in [0.2, 0.25) is 11.9 Å². The van der Waals surface area contributed by atoms with Crippen molar-refractivity contribution < 1.29 is 9.53 Å². The van der Waals surface area contributed by atoms with Gasteiger partial charge in [-0.15, -0.1) is 0 Å². The van der Waals surface area contributed by atoms with Gasteiger partial charge in [-0.3, -0.25) is 4.79 Å². The van der Waals surface area contributed by atoms with Crippen LogP contribution in [0.1, 0.15) is 6.92 Å². The average molecular weight is 330 g/mol. The molecule has 1 aromatic heterocycles. The lowest BCUT2D eigenvalue weighted by molar-refractivity contribution is -0.135. The van der Waals surface area contributed by atoms with Crippen molar-refractivity contribution in [1.29, 1.82) is 0 Å². The standard InChI is InChI=1S/C11H16BrN5O2/c1-7(10(18)17-2-4-19-5-3-17)14-11-15-8(12)6-9(13)16-11/h6-7H,2-5H2,1H3,(H3,13,14,15,16). The fourth-order valence-corrected chi connectivity index (χ4v) is 2.22. The number of hydrogen-bond acceptors (Lipinski definition) is 6. The summed E-state index contributed by atoms with van der Waals surface area (Å²) in [5.41, 5.74) is 5.62. The van der Waals surface area contributed by atoms with Crippen molar-refractivity contribution in [2.75, 3.05) is 37.4 Å². The maximum absolute atomic E-state index is 12.2. The average Bonchev–Trinajstić information content (AvgIpc) is 2.37. The van der Waals surface area contributed by atoms with E-state index in [-0.39, 0.29) is 5.91 Å². The Kier molecular flexibility index (Phi) is 4.54. The molecule has 1 aliphatic rings. The molecule has 8 heteroatoms. The fraction of sp³-hybridized carbons (Fsp3) is 0.545. The number of halogens is 1. The van der Waals surface area contributed by atoms with Gasteiger partial charge < -0.3 is 20.7 Å². The van der Waals surface area contributed by atoms with Gasteiger partial charge in [0.15, 0.2) is 0 Å². The topological polar surface area (TPSA) is 93.4 Å². The van der Waals surface area contributed by atoms with Gasteiger partial charge in [-0.2, -0.15) is 4.98 Å². The fourth-order valence-electron chi connectivity index (χ4n) is 1.81. The molecular weight excluding hydrogens is 314 g/mol. The second kappa shape index (κ2) is 6.16. The summed E-state index contributed by atoms with van der Waals surface area (Å²) in [5, 5.41) is 2.96. The highest BCUT2D eigenvalue weighted by Crippen LogP contribution is 2.13. The van der Waals surface area contributed by atoms with Crippen LogP contribution in [0.3, 0.4) is 0 Å². The number of hydrogen-bond donors (Lipinski definition) is 2. The first-order valence-corrected chi connectivity index (χ1v) is 6.78.